The molecule has 1 aliphatic carbocycles. The maximum atomic E-state index is 13.6. The molecule has 1 aliphatic heterocycles. The van der Waals surface area contributed by atoms with Gasteiger partial charge in [0.25, 0.3) is 5.91 Å². The van der Waals surface area contributed by atoms with Gasteiger partial charge in [-0.15, -0.1) is 0 Å². The lowest BCUT2D eigenvalue weighted by Crippen LogP contribution is -2.40. The molecule has 3 unspecified atom stereocenters. The Kier molecular flexibility index (Phi) is 6.06. The summed E-state index contributed by atoms with van der Waals surface area (Å²) < 4.78 is 13.2. The molecule has 6 nitrogen and oxygen atoms in total. The number of halogens is 1. The van der Waals surface area contributed by atoms with E-state index in [0.717, 1.165) is 30.9 Å². The van der Waals surface area contributed by atoms with Crippen LogP contribution in [0.15, 0.2) is 59.3 Å². The van der Waals surface area contributed by atoms with E-state index in [0.29, 0.717) is 17.1 Å². The molecule has 8 heteroatoms. The Morgan fingerprint density at radius 1 is 1.22 bits per heavy atom. The summed E-state index contributed by atoms with van der Waals surface area (Å²) in [5, 5.41) is 15.9. The summed E-state index contributed by atoms with van der Waals surface area (Å²) in [6, 6.07) is 12.3. The Hall–Kier alpha value is -3.13. The molecule has 2 amide bonds. The Bertz CT molecular complexity index is 1120. The van der Waals surface area contributed by atoms with Crippen molar-refractivity contribution >= 4 is 30.0 Å². The van der Waals surface area contributed by atoms with Gasteiger partial charge in [-0.1, -0.05) is 42.4 Å². The van der Waals surface area contributed by atoms with Crippen molar-refractivity contribution < 1.29 is 23.9 Å². The maximum absolute atomic E-state index is 13.6. The Labute approximate surface area is 189 Å². The van der Waals surface area contributed by atoms with Crippen LogP contribution in [0.1, 0.15) is 58.4 Å². The quantitative estimate of drug-likeness (QED) is 0.567. The number of allylic oxidation sites excluding steroid dienone is 1. The molecular formula is C24H23FN2O4S. The fraction of sp³-hybridized carbons (Fsp3) is 0.292. The summed E-state index contributed by atoms with van der Waals surface area (Å²) in [4.78, 5) is 36.1. The van der Waals surface area contributed by atoms with Crippen LogP contribution >= 0.6 is 11.8 Å². The van der Waals surface area contributed by atoms with Gasteiger partial charge in [-0.3, -0.25) is 9.59 Å². The Balaban J connectivity index is 1.74. The second-order valence-corrected chi connectivity index (χ2v) is 9.80. The lowest BCUT2D eigenvalue weighted by molar-refractivity contribution is -0.109. The predicted molar refractivity (Wildman–Crippen MR) is 120 cm³/mol. The molecule has 0 aromatic heterocycles. The van der Waals surface area contributed by atoms with E-state index in [-0.39, 0.29) is 27.7 Å². The van der Waals surface area contributed by atoms with Crippen molar-refractivity contribution in [2.45, 2.75) is 36.9 Å². The third-order valence-corrected chi connectivity index (χ3v) is 7.71. The predicted octanol–water partition coefficient (Wildman–Crippen LogP) is 4.26. The fourth-order valence-electron chi connectivity index (χ4n) is 4.94. The summed E-state index contributed by atoms with van der Waals surface area (Å²) in [5.74, 6) is -2.31. The molecule has 0 bridgehead atoms. The van der Waals surface area contributed by atoms with Crippen LogP contribution in [-0.4, -0.2) is 28.1 Å². The van der Waals surface area contributed by atoms with E-state index in [1.165, 1.54) is 30.0 Å². The molecule has 1 heterocycles. The van der Waals surface area contributed by atoms with E-state index in [2.05, 4.69) is 17.6 Å². The highest BCUT2D eigenvalue weighted by molar-refractivity contribution is 8.04. The van der Waals surface area contributed by atoms with Crippen LogP contribution in [0.5, 0.6) is 0 Å². The molecule has 32 heavy (non-hydrogen) atoms. The van der Waals surface area contributed by atoms with E-state index in [9.17, 15) is 23.9 Å². The molecule has 0 spiro atoms. The molecule has 3 N–H and O–H groups in total. The first kappa shape index (κ1) is 22.1. The number of aromatic carboxylic acids is 1. The van der Waals surface area contributed by atoms with Gasteiger partial charge < -0.3 is 15.7 Å². The molecule has 0 radical (unpaired) electrons. The third kappa shape index (κ3) is 4.02. The first-order valence-electron chi connectivity index (χ1n) is 10.4. The van der Waals surface area contributed by atoms with Crippen LogP contribution < -0.4 is 10.6 Å². The monoisotopic (exact) mass is 454 g/mol. The van der Waals surface area contributed by atoms with Gasteiger partial charge >= 0.3 is 5.97 Å². The molecule has 3 atom stereocenters. The second kappa shape index (κ2) is 8.78. The van der Waals surface area contributed by atoms with Gasteiger partial charge in [0.15, 0.2) is 0 Å². The Morgan fingerprint density at radius 3 is 2.72 bits per heavy atom. The standard InChI is InChI=1S/C24H23FN2O4S/c1-24-11-5-10-17(16-8-2-3-9-18(16)23(30)31)19(24)20(26-13-28)22(32-24)27-21(29)14-6-4-7-15(25)12-14/h2-4,6-9,12-13,17,19H,5,10-11H2,1H3,(H,26,28)(H,27,29)(H,30,31). The van der Waals surface area contributed by atoms with Gasteiger partial charge in [0.1, 0.15) is 5.82 Å². The summed E-state index contributed by atoms with van der Waals surface area (Å²) in [7, 11) is 0. The van der Waals surface area contributed by atoms with Crippen molar-refractivity contribution in [3.8, 4) is 0 Å². The minimum atomic E-state index is -0.993. The number of carbonyl (C=O) groups excluding carboxylic acids is 2. The number of nitrogens with one attached hydrogen (secondary N) is 2. The number of carboxylic acid groups (broad SMARTS) is 1. The van der Waals surface area contributed by atoms with Gasteiger partial charge in [-0.05, 0) is 55.5 Å². The maximum Gasteiger partial charge on any atom is 0.335 e. The van der Waals surface area contributed by atoms with Crippen molar-refractivity contribution in [2.75, 3.05) is 0 Å². The molecule has 1 fully saturated rings. The first-order chi connectivity index (χ1) is 15.3. The topological polar surface area (TPSA) is 95.5 Å². The van der Waals surface area contributed by atoms with Crippen LogP contribution in [0.3, 0.4) is 0 Å². The molecule has 4 rings (SSSR count). The van der Waals surface area contributed by atoms with Crippen LogP contribution in [0.25, 0.3) is 0 Å². The van der Waals surface area contributed by atoms with Crippen LogP contribution in [0.4, 0.5) is 4.39 Å². The zero-order chi connectivity index (χ0) is 22.9. The fourth-order valence-corrected chi connectivity index (χ4v) is 6.50. The molecule has 2 aromatic carbocycles. The smallest absolute Gasteiger partial charge is 0.335 e. The van der Waals surface area contributed by atoms with Crippen molar-refractivity contribution in [1.29, 1.82) is 0 Å². The average Bonchev–Trinajstić information content (AvgIpc) is 3.05. The highest BCUT2D eigenvalue weighted by atomic mass is 32.2. The molecule has 166 valence electrons. The van der Waals surface area contributed by atoms with Crippen molar-refractivity contribution in [3.63, 3.8) is 0 Å². The number of carboxylic acids is 1. The highest BCUT2D eigenvalue weighted by Crippen LogP contribution is 2.59. The van der Waals surface area contributed by atoms with Crippen molar-refractivity contribution in [2.24, 2.45) is 5.92 Å². The number of rotatable bonds is 6. The third-order valence-electron chi connectivity index (χ3n) is 6.26. The summed E-state index contributed by atoms with van der Waals surface area (Å²) >= 11 is 1.47. The van der Waals surface area contributed by atoms with E-state index >= 15 is 0 Å². The number of thioether (sulfide) groups is 1. The minimum absolute atomic E-state index is 0.139. The van der Waals surface area contributed by atoms with Crippen molar-refractivity contribution in [1.82, 2.24) is 10.6 Å². The van der Waals surface area contributed by atoms with Crippen LogP contribution in [0, 0.1) is 11.7 Å². The van der Waals surface area contributed by atoms with Gasteiger partial charge in [0, 0.05) is 16.2 Å². The minimum Gasteiger partial charge on any atom is -0.478 e. The zero-order valence-electron chi connectivity index (χ0n) is 17.4. The zero-order valence-corrected chi connectivity index (χ0v) is 18.2. The summed E-state index contributed by atoms with van der Waals surface area (Å²) in [6.45, 7) is 2.08. The lowest BCUT2D eigenvalue weighted by Gasteiger charge is -2.42. The van der Waals surface area contributed by atoms with Gasteiger partial charge in [0.05, 0.1) is 16.3 Å². The van der Waals surface area contributed by atoms with Crippen molar-refractivity contribution in [3.05, 3.63) is 81.8 Å². The number of carbonyl (C=O) groups is 3. The lowest BCUT2D eigenvalue weighted by atomic mass is 9.67. The average molecular weight is 455 g/mol. The summed E-state index contributed by atoms with van der Waals surface area (Å²) in [6.07, 6.45) is 3.07. The van der Waals surface area contributed by atoms with Gasteiger partial charge in [-0.25, -0.2) is 9.18 Å². The van der Waals surface area contributed by atoms with Crippen LogP contribution in [-0.2, 0) is 4.79 Å². The second-order valence-electron chi connectivity index (χ2n) is 8.25. The molecule has 2 aliphatic rings. The largest absolute Gasteiger partial charge is 0.478 e. The van der Waals surface area contributed by atoms with Gasteiger partial charge in [0.2, 0.25) is 6.41 Å². The number of amides is 2. The highest BCUT2D eigenvalue weighted by Gasteiger charge is 2.52. The van der Waals surface area contributed by atoms with E-state index < -0.39 is 17.7 Å². The summed E-state index contributed by atoms with van der Waals surface area (Å²) in [5.41, 5.74) is 1.72. The number of benzene rings is 2. The van der Waals surface area contributed by atoms with Gasteiger partial charge in [-0.2, -0.15) is 0 Å². The number of hydrogen-bond donors (Lipinski definition) is 3. The van der Waals surface area contributed by atoms with E-state index in [1.54, 1.807) is 12.1 Å². The van der Waals surface area contributed by atoms with Crippen LogP contribution in [0.2, 0.25) is 0 Å². The van der Waals surface area contributed by atoms with E-state index in [4.69, 9.17) is 0 Å². The molecule has 0 saturated heterocycles. The number of fused-ring (bicyclic) bond motifs is 1. The molecule has 2 aromatic rings. The molecule has 1 saturated carbocycles. The normalized spacial score (nSPS) is 24.6. The number of hydrogen-bond acceptors (Lipinski definition) is 4. The first-order valence-corrected chi connectivity index (χ1v) is 11.2. The Morgan fingerprint density at radius 2 is 2.00 bits per heavy atom. The SMILES string of the molecule is CC12CCCC(c3ccccc3C(=O)O)C1C(NC=O)=C(NC(=O)c1cccc(F)c1)S2. The molecular weight excluding hydrogens is 431 g/mol. The van der Waals surface area contributed by atoms with E-state index in [1.807, 2.05) is 12.1 Å².